The van der Waals surface area contributed by atoms with Gasteiger partial charge in [0.25, 0.3) is 0 Å². The average Bonchev–Trinajstić information content (AvgIpc) is 3.01. The van der Waals surface area contributed by atoms with Gasteiger partial charge in [0, 0.05) is 52.0 Å². The summed E-state index contributed by atoms with van der Waals surface area (Å²) < 4.78 is 47.2. The second-order valence-electron chi connectivity index (χ2n) is 8.46. The zero-order valence-electron chi connectivity index (χ0n) is 18.9. The van der Waals surface area contributed by atoms with Crippen LogP contribution in [0.5, 0.6) is 0 Å². The molecule has 0 saturated carbocycles. The summed E-state index contributed by atoms with van der Waals surface area (Å²) in [7, 11) is 1.39. The van der Waals surface area contributed by atoms with Crippen molar-refractivity contribution >= 4 is 36.0 Å². The Bertz CT molecular complexity index is 790. The summed E-state index contributed by atoms with van der Waals surface area (Å²) in [6.45, 7) is 8.15. The predicted molar refractivity (Wildman–Crippen MR) is 124 cm³/mol. The van der Waals surface area contributed by atoms with Crippen molar-refractivity contribution in [1.29, 1.82) is 0 Å². The van der Waals surface area contributed by atoms with Crippen LogP contribution in [0.1, 0.15) is 39.9 Å². The van der Waals surface area contributed by atoms with Crippen LogP contribution < -0.4 is 10.6 Å². The molecule has 1 unspecified atom stereocenters. The Morgan fingerprint density at radius 2 is 1.97 bits per heavy atom. The fraction of sp³-hybridized carbons (Fsp3) is 0.737. The van der Waals surface area contributed by atoms with Crippen LogP contribution in [0, 0.1) is 0 Å². The van der Waals surface area contributed by atoms with E-state index in [2.05, 4.69) is 20.6 Å². The fourth-order valence-corrected chi connectivity index (χ4v) is 3.03. The Morgan fingerprint density at radius 1 is 1.34 bits per heavy atom. The Labute approximate surface area is 202 Å². The van der Waals surface area contributed by atoms with Crippen LogP contribution in [-0.2, 0) is 17.4 Å². The highest BCUT2D eigenvalue weighted by molar-refractivity contribution is 14.0. The number of halogens is 4. The third kappa shape index (κ3) is 7.12. The molecule has 1 fully saturated rings. The number of rotatable bonds is 6. The smallest absolute Gasteiger partial charge is 0.424 e. The quantitative estimate of drug-likeness (QED) is 0.273. The van der Waals surface area contributed by atoms with E-state index in [1.54, 1.807) is 20.8 Å². The topological polar surface area (TPSA) is 104 Å². The van der Waals surface area contributed by atoms with Gasteiger partial charge in [0.1, 0.15) is 11.4 Å². The fourth-order valence-electron chi connectivity index (χ4n) is 3.03. The number of nitrogens with zero attached hydrogens (tertiary/aromatic N) is 4. The average molecular weight is 576 g/mol. The van der Waals surface area contributed by atoms with Crippen LogP contribution in [0.4, 0.5) is 18.0 Å². The molecule has 13 heteroatoms. The van der Waals surface area contributed by atoms with Crippen molar-refractivity contribution in [2.24, 2.45) is 12.0 Å². The third-order valence-corrected chi connectivity index (χ3v) is 4.62. The predicted octanol–water partition coefficient (Wildman–Crippen LogP) is 2.35. The first-order valence-electron chi connectivity index (χ1n) is 10.1. The highest BCUT2D eigenvalue weighted by Crippen LogP contribution is 2.40. The van der Waals surface area contributed by atoms with Crippen LogP contribution in [-0.4, -0.2) is 75.6 Å². The summed E-state index contributed by atoms with van der Waals surface area (Å²) in [5.74, 6) is -0.180. The van der Waals surface area contributed by atoms with Crippen LogP contribution in [0.15, 0.2) is 17.4 Å². The molecule has 9 nitrogen and oxygen atoms in total. The van der Waals surface area contributed by atoms with E-state index >= 15 is 0 Å². The molecule has 0 aliphatic carbocycles. The molecule has 2 heterocycles. The van der Waals surface area contributed by atoms with Crippen LogP contribution >= 0.6 is 24.0 Å². The van der Waals surface area contributed by atoms with Gasteiger partial charge < -0.3 is 29.9 Å². The highest BCUT2D eigenvalue weighted by atomic mass is 127. The number of hydrogen-bond acceptors (Lipinski definition) is 5. The monoisotopic (exact) mass is 576 g/mol. The van der Waals surface area contributed by atoms with Crippen LogP contribution in [0.3, 0.4) is 0 Å². The molecule has 184 valence electrons. The van der Waals surface area contributed by atoms with E-state index in [4.69, 9.17) is 4.74 Å². The van der Waals surface area contributed by atoms with Gasteiger partial charge in [-0.2, -0.15) is 13.2 Å². The second-order valence-corrected chi connectivity index (χ2v) is 8.46. The number of aryl methyl sites for hydroxylation is 1. The summed E-state index contributed by atoms with van der Waals surface area (Å²) in [6, 6.07) is -0.110. The van der Waals surface area contributed by atoms with Gasteiger partial charge in [-0.05, 0) is 27.7 Å². The van der Waals surface area contributed by atoms with Crippen LogP contribution in [0.2, 0.25) is 0 Å². The van der Waals surface area contributed by atoms with Gasteiger partial charge in [0.15, 0.2) is 5.96 Å². The number of likely N-dealkylation sites (tertiary alicyclic amines) is 1. The number of aromatic nitrogens is 2. The minimum atomic E-state index is -4.91. The number of aliphatic imine (C=N–C) groups is 1. The molecule has 1 aliphatic heterocycles. The maximum absolute atomic E-state index is 13.6. The normalized spacial score (nSPS) is 17.2. The van der Waals surface area contributed by atoms with Gasteiger partial charge in [-0.15, -0.1) is 24.0 Å². The van der Waals surface area contributed by atoms with Crippen molar-refractivity contribution in [2.75, 3.05) is 26.2 Å². The highest BCUT2D eigenvalue weighted by Gasteiger charge is 2.57. The molecule has 0 bridgehead atoms. The molecular weight excluding hydrogens is 544 g/mol. The van der Waals surface area contributed by atoms with Crippen molar-refractivity contribution in [3.8, 4) is 0 Å². The van der Waals surface area contributed by atoms with E-state index in [1.807, 2.05) is 6.92 Å². The first-order valence-corrected chi connectivity index (χ1v) is 10.1. The van der Waals surface area contributed by atoms with Crippen molar-refractivity contribution in [3.63, 3.8) is 0 Å². The largest absolute Gasteiger partial charge is 0.444 e. The van der Waals surface area contributed by atoms with Crippen molar-refractivity contribution in [3.05, 3.63) is 18.2 Å². The lowest BCUT2D eigenvalue weighted by Gasteiger charge is -2.40. The minimum absolute atomic E-state index is 0. The number of guanidine groups is 1. The number of carbonyl (C=O) groups is 1. The summed E-state index contributed by atoms with van der Waals surface area (Å²) in [5.41, 5.74) is -3.70. The molecule has 32 heavy (non-hydrogen) atoms. The van der Waals surface area contributed by atoms with Crippen molar-refractivity contribution in [2.45, 2.75) is 57.5 Å². The zero-order valence-corrected chi connectivity index (χ0v) is 21.2. The number of imidazole rings is 1. The molecular formula is C19H32F3IN6O3. The lowest BCUT2D eigenvalue weighted by atomic mass is 9.98. The van der Waals surface area contributed by atoms with E-state index in [9.17, 15) is 23.1 Å². The van der Waals surface area contributed by atoms with E-state index in [0.29, 0.717) is 25.6 Å². The molecule has 1 amide bonds. The molecule has 1 saturated heterocycles. The maximum atomic E-state index is 13.6. The number of alkyl halides is 3. The van der Waals surface area contributed by atoms with Crippen molar-refractivity contribution in [1.82, 2.24) is 25.1 Å². The number of aliphatic hydroxyl groups is 1. The molecule has 1 atom stereocenters. The minimum Gasteiger partial charge on any atom is -0.444 e. The first kappa shape index (κ1) is 28.3. The molecule has 0 spiro atoms. The Hall–Kier alpha value is -1.77. The molecule has 0 aromatic carbocycles. The summed E-state index contributed by atoms with van der Waals surface area (Å²) in [5, 5.41) is 16.4. The van der Waals surface area contributed by atoms with Gasteiger partial charge in [-0.3, -0.25) is 4.99 Å². The molecule has 1 aromatic rings. The molecule has 1 aliphatic rings. The molecule has 0 radical (unpaired) electrons. The number of ether oxygens (including phenoxy) is 1. The standard InChI is InChI=1S/C19H31F3N6O3.HI/c1-6-23-15(26-13-11-28(12-13)16(29)31-17(2,3)4)25-8-7-18(30,19(20,21)22)14-24-9-10-27(14)5;/h9-10,13,30H,6-8,11-12H2,1-5H3,(H2,23,25,26);1H. The van der Waals surface area contributed by atoms with Gasteiger partial charge >= 0.3 is 12.3 Å². The SMILES string of the molecule is CCNC(=NCCC(O)(c1nccn1C)C(F)(F)F)NC1CN(C(=O)OC(C)(C)C)C1.I. The van der Waals surface area contributed by atoms with E-state index in [0.717, 1.165) is 4.57 Å². The first-order chi connectivity index (χ1) is 14.3. The van der Waals surface area contributed by atoms with Gasteiger partial charge in [0.2, 0.25) is 5.60 Å². The van der Waals surface area contributed by atoms with E-state index in [1.165, 1.54) is 24.3 Å². The summed E-state index contributed by atoms with van der Waals surface area (Å²) in [4.78, 5) is 21.4. The Kier molecular flexibility index (Phi) is 9.63. The third-order valence-electron chi connectivity index (χ3n) is 4.62. The van der Waals surface area contributed by atoms with Crippen LogP contribution in [0.25, 0.3) is 0 Å². The maximum Gasteiger partial charge on any atom is 0.424 e. The lowest BCUT2D eigenvalue weighted by Crippen LogP contribution is -2.63. The van der Waals surface area contributed by atoms with Crippen molar-refractivity contribution < 1.29 is 27.8 Å². The Morgan fingerprint density at radius 3 is 2.44 bits per heavy atom. The molecule has 1 aromatic heterocycles. The Balaban J connectivity index is 0.00000512. The molecule has 3 N–H and O–H groups in total. The number of amides is 1. The van der Waals surface area contributed by atoms with E-state index < -0.39 is 35.7 Å². The lowest BCUT2D eigenvalue weighted by molar-refractivity contribution is -0.272. The number of hydrogen-bond donors (Lipinski definition) is 3. The number of carbonyl (C=O) groups excluding carboxylic acids is 1. The van der Waals surface area contributed by atoms with E-state index in [-0.39, 0.29) is 36.6 Å². The van der Waals surface area contributed by atoms with Gasteiger partial charge in [-0.1, -0.05) is 0 Å². The number of nitrogens with one attached hydrogen (secondary N) is 2. The van der Waals surface area contributed by atoms with Gasteiger partial charge in [0.05, 0.1) is 6.04 Å². The summed E-state index contributed by atoms with van der Waals surface area (Å²) in [6.07, 6.45) is -3.47. The molecule has 2 rings (SSSR count). The zero-order chi connectivity index (χ0) is 23.4. The summed E-state index contributed by atoms with van der Waals surface area (Å²) >= 11 is 0. The van der Waals surface area contributed by atoms with Gasteiger partial charge in [-0.25, -0.2) is 9.78 Å². The second kappa shape index (κ2) is 10.9.